The van der Waals surface area contributed by atoms with Crippen LogP contribution >= 0.6 is 0 Å². The van der Waals surface area contributed by atoms with E-state index in [1.54, 1.807) is 0 Å². The Kier molecular flexibility index (Phi) is 2.20. The predicted molar refractivity (Wildman–Crippen MR) is 53.5 cm³/mol. The Morgan fingerprint density at radius 2 is 1.86 bits per heavy atom. The first kappa shape index (κ1) is 9.14. The zero-order valence-electron chi connectivity index (χ0n) is 8.07. The number of aromatic nitrogens is 3. The van der Waals surface area contributed by atoms with Crippen LogP contribution in [0.3, 0.4) is 0 Å². The van der Waals surface area contributed by atoms with Gasteiger partial charge in [-0.25, -0.2) is 0 Å². The van der Waals surface area contributed by atoms with Crippen molar-refractivity contribution in [3.8, 4) is 0 Å². The summed E-state index contributed by atoms with van der Waals surface area (Å²) >= 11 is 0. The molecule has 0 aromatic carbocycles. The summed E-state index contributed by atoms with van der Waals surface area (Å²) in [5.41, 5.74) is 11.0. The lowest BCUT2D eigenvalue weighted by Gasteiger charge is -2.13. The zero-order valence-corrected chi connectivity index (χ0v) is 8.07. The minimum absolute atomic E-state index is 0.201. The number of nitrogens with two attached hydrogens (primary N) is 2. The van der Waals surface area contributed by atoms with E-state index in [0.717, 1.165) is 13.0 Å². The summed E-state index contributed by atoms with van der Waals surface area (Å²) < 4.78 is 0. The SMILES string of the molecule is CC1NCCC1c1nc(N)nc(N)n1. The van der Waals surface area contributed by atoms with Crippen LogP contribution in [0.2, 0.25) is 0 Å². The van der Waals surface area contributed by atoms with Crippen LogP contribution in [-0.4, -0.2) is 27.5 Å². The summed E-state index contributed by atoms with van der Waals surface area (Å²) in [6.07, 6.45) is 1.02. The van der Waals surface area contributed by atoms with Gasteiger partial charge in [-0.1, -0.05) is 0 Å². The Hall–Kier alpha value is -1.43. The molecule has 6 nitrogen and oxygen atoms in total. The maximum absolute atomic E-state index is 5.51. The van der Waals surface area contributed by atoms with Crippen molar-refractivity contribution in [2.24, 2.45) is 0 Å². The van der Waals surface area contributed by atoms with E-state index in [9.17, 15) is 0 Å². The Bertz CT molecular complexity index is 318. The minimum Gasteiger partial charge on any atom is -0.368 e. The highest BCUT2D eigenvalue weighted by Gasteiger charge is 2.27. The van der Waals surface area contributed by atoms with Crippen LogP contribution in [0.5, 0.6) is 0 Å². The summed E-state index contributed by atoms with van der Waals surface area (Å²) in [4.78, 5) is 11.9. The average Bonchev–Trinajstić information content (AvgIpc) is 2.49. The molecule has 0 spiro atoms. The second-order valence-electron chi connectivity index (χ2n) is 3.55. The molecule has 14 heavy (non-hydrogen) atoms. The molecule has 6 heteroatoms. The second kappa shape index (κ2) is 3.38. The zero-order chi connectivity index (χ0) is 10.1. The van der Waals surface area contributed by atoms with Crippen LogP contribution in [0.4, 0.5) is 11.9 Å². The molecule has 1 fully saturated rings. The van der Waals surface area contributed by atoms with Gasteiger partial charge in [-0.15, -0.1) is 0 Å². The van der Waals surface area contributed by atoms with Gasteiger partial charge in [0, 0.05) is 12.0 Å². The van der Waals surface area contributed by atoms with Gasteiger partial charge in [0.1, 0.15) is 5.82 Å². The van der Waals surface area contributed by atoms with Crippen LogP contribution in [0.1, 0.15) is 25.1 Å². The van der Waals surface area contributed by atoms with Crippen molar-refractivity contribution in [2.75, 3.05) is 18.0 Å². The molecule has 76 valence electrons. The smallest absolute Gasteiger partial charge is 0.225 e. The monoisotopic (exact) mass is 194 g/mol. The molecule has 1 aromatic heterocycles. The van der Waals surface area contributed by atoms with Crippen molar-refractivity contribution in [3.05, 3.63) is 5.82 Å². The second-order valence-corrected chi connectivity index (χ2v) is 3.55. The quantitative estimate of drug-likeness (QED) is 0.557. The largest absolute Gasteiger partial charge is 0.368 e. The molecule has 2 rings (SSSR count). The van der Waals surface area contributed by atoms with E-state index in [0.29, 0.717) is 17.8 Å². The first-order valence-corrected chi connectivity index (χ1v) is 4.67. The van der Waals surface area contributed by atoms with Crippen molar-refractivity contribution in [2.45, 2.75) is 25.3 Å². The fourth-order valence-corrected chi connectivity index (χ4v) is 1.80. The van der Waals surface area contributed by atoms with Crippen LogP contribution in [0, 0.1) is 0 Å². The molecule has 0 aliphatic carbocycles. The first-order chi connectivity index (χ1) is 6.66. The molecule has 0 bridgehead atoms. The molecule has 1 aromatic rings. The summed E-state index contributed by atoms with van der Waals surface area (Å²) in [7, 11) is 0. The van der Waals surface area contributed by atoms with Crippen molar-refractivity contribution in [1.82, 2.24) is 20.3 Å². The fourth-order valence-electron chi connectivity index (χ4n) is 1.80. The van der Waals surface area contributed by atoms with E-state index < -0.39 is 0 Å². The normalized spacial score (nSPS) is 26.6. The number of hydrogen-bond donors (Lipinski definition) is 3. The lowest BCUT2D eigenvalue weighted by atomic mass is 10.0. The summed E-state index contributed by atoms with van der Waals surface area (Å²) in [6.45, 7) is 3.09. The molecular formula is C8H14N6. The molecule has 0 saturated carbocycles. The van der Waals surface area contributed by atoms with E-state index in [2.05, 4.69) is 27.2 Å². The topological polar surface area (TPSA) is 103 Å². The molecule has 5 N–H and O–H groups in total. The van der Waals surface area contributed by atoms with Crippen molar-refractivity contribution in [1.29, 1.82) is 0 Å². The Balaban J connectivity index is 2.31. The Labute approximate surface area is 82.1 Å². The molecular weight excluding hydrogens is 180 g/mol. The predicted octanol–water partition coefficient (Wildman–Crippen LogP) is -0.499. The first-order valence-electron chi connectivity index (χ1n) is 4.67. The van der Waals surface area contributed by atoms with Gasteiger partial charge in [0.25, 0.3) is 0 Å². The maximum Gasteiger partial charge on any atom is 0.225 e. The molecule has 0 radical (unpaired) electrons. The minimum atomic E-state index is 0.201. The van der Waals surface area contributed by atoms with E-state index in [4.69, 9.17) is 11.5 Å². The van der Waals surface area contributed by atoms with Gasteiger partial charge in [-0.3, -0.25) is 0 Å². The van der Waals surface area contributed by atoms with Crippen molar-refractivity contribution >= 4 is 11.9 Å². The molecule has 1 saturated heterocycles. The van der Waals surface area contributed by atoms with Gasteiger partial charge in [0.05, 0.1) is 0 Å². The van der Waals surface area contributed by atoms with Crippen molar-refractivity contribution < 1.29 is 0 Å². The number of rotatable bonds is 1. The van der Waals surface area contributed by atoms with Gasteiger partial charge in [-0.2, -0.15) is 15.0 Å². The summed E-state index contributed by atoms with van der Waals surface area (Å²) in [5, 5.41) is 3.32. The lowest BCUT2D eigenvalue weighted by Crippen LogP contribution is -2.23. The van der Waals surface area contributed by atoms with Crippen molar-refractivity contribution in [3.63, 3.8) is 0 Å². The van der Waals surface area contributed by atoms with E-state index in [1.807, 2.05) is 0 Å². The van der Waals surface area contributed by atoms with Gasteiger partial charge < -0.3 is 16.8 Å². The highest BCUT2D eigenvalue weighted by molar-refractivity contribution is 5.27. The summed E-state index contributed by atoms with van der Waals surface area (Å²) in [6, 6.07) is 0.371. The fraction of sp³-hybridized carbons (Fsp3) is 0.625. The van der Waals surface area contributed by atoms with Crippen LogP contribution in [0.15, 0.2) is 0 Å². The van der Waals surface area contributed by atoms with E-state index in [-0.39, 0.29) is 11.9 Å². The Morgan fingerprint density at radius 3 is 2.36 bits per heavy atom. The number of nitrogens with zero attached hydrogens (tertiary/aromatic N) is 3. The van der Waals surface area contributed by atoms with Crippen LogP contribution < -0.4 is 16.8 Å². The highest BCUT2D eigenvalue weighted by atomic mass is 15.1. The third-order valence-electron chi connectivity index (χ3n) is 2.54. The number of anilines is 2. The van der Waals surface area contributed by atoms with E-state index >= 15 is 0 Å². The number of nitrogen functional groups attached to an aromatic ring is 2. The Morgan fingerprint density at radius 1 is 1.21 bits per heavy atom. The molecule has 2 atom stereocenters. The molecule has 2 heterocycles. The maximum atomic E-state index is 5.51. The lowest BCUT2D eigenvalue weighted by molar-refractivity contribution is 0.567. The third-order valence-corrected chi connectivity index (χ3v) is 2.54. The van der Waals surface area contributed by atoms with Gasteiger partial charge in [-0.05, 0) is 19.9 Å². The number of hydrogen-bond acceptors (Lipinski definition) is 6. The molecule has 2 unspecified atom stereocenters. The number of nitrogens with one attached hydrogen (secondary N) is 1. The van der Waals surface area contributed by atoms with Crippen LogP contribution in [0.25, 0.3) is 0 Å². The summed E-state index contributed by atoms with van der Waals surface area (Å²) in [5.74, 6) is 1.40. The highest BCUT2D eigenvalue weighted by Crippen LogP contribution is 2.24. The van der Waals surface area contributed by atoms with Gasteiger partial charge in [0.15, 0.2) is 0 Å². The third kappa shape index (κ3) is 1.60. The standard InChI is InChI=1S/C8H14N6/c1-4-5(2-3-11-4)6-12-7(9)14-8(10)13-6/h4-5,11H,2-3H2,1H3,(H4,9,10,12,13,14). The molecule has 0 amide bonds. The van der Waals surface area contributed by atoms with E-state index in [1.165, 1.54) is 0 Å². The van der Waals surface area contributed by atoms with Gasteiger partial charge >= 0.3 is 0 Å². The van der Waals surface area contributed by atoms with Crippen LogP contribution in [-0.2, 0) is 0 Å². The molecule has 1 aliphatic rings. The average molecular weight is 194 g/mol. The molecule has 1 aliphatic heterocycles. The van der Waals surface area contributed by atoms with Gasteiger partial charge in [0.2, 0.25) is 11.9 Å².